The average molecular weight is 392 g/mol. The molecule has 1 aromatic carbocycles. The Morgan fingerprint density at radius 1 is 1.24 bits per heavy atom. The summed E-state index contributed by atoms with van der Waals surface area (Å²) in [5, 5.41) is 12.9. The van der Waals surface area contributed by atoms with Gasteiger partial charge in [-0.2, -0.15) is 15.3 Å². The van der Waals surface area contributed by atoms with E-state index in [1.54, 1.807) is 35.7 Å². The molecule has 0 unspecified atom stereocenters. The molecule has 9 heteroatoms. The minimum atomic E-state index is -0.542. The molecule has 0 bridgehead atoms. The summed E-state index contributed by atoms with van der Waals surface area (Å²) in [5.74, 6) is -0.472. The third-order valence-electron chi connectivity index (χ3n) is 4.48. The largest absolute Gasteiger partial charge is 0.455 e. The zero-order chi connectivity index (χ0) is 20.8. The maximum Gasteiger partial charge on any atom is 0.310 e. The van der Waals surface area contributed by atoms with E-state index < -0.39 is 18.5 Å². The molecule has 2 aromatic heterocycles. The first-order valence-corrected chi connectivity index (χ1v) is 9.05. The van der Waals surface area contributed by atoms with Gasteiger partial charge in [-0.3, -0.25) is 9.59 Å². The highest BCUT2D eigenvalue weighted by atomic mass is 16.5. The summed E-state index contributed by atoms with van der Waals surface area (Å²) < 4.78 is 6.76. The van der Waals surface area contributed by atoms with Gasteiger partial charge in [-0.15, -0.1) is 0 Å². The number of para-hydroxylation sites is 1. The first-order chi connectivity index (χ1) is 14.0. The van der Waals surface area contributed by atoms with Crippen molar-refractivity contribution in [3.05, 3.63) is 53.6 Å². The van der Waals surface area contributed by atoms with Crippen LogP contribution in [0.25, 0.3) is 5.78 Å². The number of carbonyl (C=O) groups is 2. The van der Waals surface area contributed by atoms with Gasteiger partial charge in [0.15, 0.2) is 6.61 Å². The summed E-state index contributed by atoms with van der Waals surface area (Å²) >= 11 is 0. The number of nitriles is 1. The second-order valence-corrected chi connectivity index (χ2v) is 6.36. The van der Waals surface area contributed by atoms with E-state index in [-0.39, 0.29) is 19.4 Å². The van der Waals surface area contributed by atoms with Gasteiger partial charge in [0.25, 0.3) is 11.7 Å². The number of nitrogens with zero attached hydrogens (tertiary/aromatic N) is 6. The highest BCUT2D eigenvalue weighted by molar-refractivity contribution is 5.95. The van der Waals surface area contributed by atoms with Crippen molar-refractivity contribution in [3.8, 4) is 6.07 Å². The minimum Gasteiger partial charge on any atom is -0.455 e. The molecule has 0 spiro atoms. The average Bonchev–Trinajstić information content (AvgIpc) is 3.19. The zero-order valence-corrected chi connectivity index (χ0v) is 16.2. The summed E-state index contributed by atoms with van der Waals surface area (Å²) in [6.07, 6.45) is 1.54. The number of fused-ring (bicyclic) bond motifs is 1. The molecular weight excluding hydrogens is 372 g/mol. The van der Waals surface area contributed by atoms with Crippen molar-refractivity contribution in [2.45, 2.75) is 26.7 Å². The van der Waals surface area contributed by atoms with E-state index >= 15 is 0 Å². The van der Waals surface area contributed by atoms with E-state index in [2.05, 4.69) is 15.1 Å². The Bertz CT molecular complexity index is 1070. The number of aromatic nitrogens is 4. The lowest BCUT2D eigenvalue weighted by Crippen LogP contribution is -2.35. The number of carbonyl (C=O) groups excluding carboxylic acids is 2. The van der Waals surface area contributed by atoms with E-state index in [4.69, 9.17) is 10.00 Å². The Hall–Kier alpha value is -3.80. The second kappa shape index (κ2) is 8.93. The highest BCUT2D eigenvalue weighted by Gasteiger charge is 2.19. The molecule has 0 radical (unpaired) electrons. The number of rotatable bonds is 7. The van der Waals surface area contributed by atoms with Gasteiger partial charge in [0.2, 0.25) is 0 Å². The molecule has 148 valence electrons. The second-order valence-electron chi connectivity index (χ2n) is 6.36. The molecule has 0 N–H and O–H groups in total. The fraction of sp³-hybridized carbons (Fsp3) is 0.300. The predicted molar refractivity (Wildman–Crippen MR) is 104 cm³/mol. The van der Waals surface area contributed by atoms with Crippen LogP contribution in [0.2, 0.25) is 0 Å². The number of ether oxygens (including phenoxy) is 1. The van der Waals surface area contributed by atoms with E-state index in [9.17, 15) is 9.59 Å². The van der Waals surface area contributed by atoms with Gasteiger partial charge in [-0.25, -0.2) is 9.50 Å². The summed E-state index contributed by atoms with van der Waals surface area (Å²) in [5.41, 5.74) is 2.74. The van der Waals surface area contributed by atoms with Crippen LogP contribution in [-0.4, -0.2) is 44.6 Å². The van der Waals surface area contributed by atoms with Crippen molar-refractivity contribution in [3.63, 3.8) is 0 Å². The molecule has 29 heavy (non-hydrogen) atoms. The zero-order valence-electron chi connectivity index (χ0n) is 16.2. The molecular formula is C20H20N6O3. The molecule has 0 atom stereocenters. The number of hydrogen-bond acceptors (Lipinski definition) is 7. The normalized spacial score (nSPS) is 10.5. The molecule has 0 aliphatic rings. The van der Waals surface area contributed by atoms with E-state index in [1.807, 2.05) is 19.1 Å². The Balaban J connectivity index is 1.66. The standard InChI is InChI=1S/C20H20N6O3/c1-14-17(15(2)26-20(24-14)22-13-23-26)11-19(28)29-12-18(27)25(10-6-9-21)16-7-4-3-5-8-16/h3-5,7-8,13H,6,10-12H2,1-2H3. The van der Waals surface area contributed by atoms with Gasteiger partial charge < -0.3 is 9.64 Å². The van der Waals surface area contributed by atoms with Gasteiger partial charge in [-0.05, 0) is 26.0 Å². The Kier molecular flexibility index (Phi) is 6.14. The van der Waals surface area contributed by atoms with Gasteiger partial charge >= 0.3 is 5.97 Å². The van der Waals surface area contributed by atoms with Crippen LogP contribution in [0.5, 0.6) is 0 Å². The molecule has 0 aliphatic heterocycles. The van der Waals surface area contributed by atoms with Crippen LogP contribution in [0.3, 0.4) is 0 Å². The third kappa shape index (κ3) is 4.55. The molecule has 9 nitrogen and oxygen atoms in total. The predicted octanol–water partition coefficient (Wildman–Crippen LogP) is 1.77. The molecule has 2 heterocycles. The number of amides is 1. The lowest BCUT2D eigenvalue weighted by atomic mass is 10.1. The van der Waals surface area contributed by atoms with Crippen LogP contribution in [0.15, 0.2) is 36.7 Å². The Labute approximate surface area is 167 Å². The first-order valence-electron chi connectivity index (χ1n) is 9.05. The molecule has 3 aromatic rings. The Morgan fingerprint density at radius 2 is 2.00 bits per heavy atom. The maximum atomic E-state index is 12.6. The van der Waals surface area contributed by atoms with Crippen molar-refractivity contribution in [2.75, 3.05) is 18.1 Å². The maximum absolute atomic E-state index is 12.6. The van der Waals surface area contributed by atoms with Crippen molar-refractivity contribution in [1.29, 1.82) is 5.26 Å². The van der Waals surface area contributed by atoms with Gasteiger partial charge in [0.05, 0.1) is 18.9 Å². The van der Waals surface area contributed by atoms with Gasteiger partial charge in [-0.1, -0.05) is 18.2 Å². The molecule has 0 fully saturated rings. The smallest absolute Gasteiger partial charge is 0.310 e. The van der Waals surface area contributed by atoms with Crippen molar-refractivity contribution < 1.29 is 14.3 Å². The molecule has 0 saturated heterocycles. The van der Waals surface area contributed by atoms with E-state index in [1.165, 1.54) is 11.2 Å². The summed E-state index contributed by atoms with van der Waals surface area (Å²) in [6.45, 7) is 3.43. The lowest BCUT2D eigenvalue weighted by molar-refractivity contribution is -0.147. The number of benzene rings is 1. The van der Waals surface area contributed by atoms with Crippen LogP contribution in [-0.2, 0) is 20.7 Å². The van der Waals surface area contributed by atoms with Crippen LogP contribution in [0, 0.1) is 25.2 Å². The fourth-order valence-electron chi connectivity index (χ4n) is 2.99. The Morgan fingerprint density at radius 3 is 2.72 bits per heavy atom. The molecule has 0 aliphatic carbocycles. The minimum absolute atomic E-state index is 0.0305. The van der Waals surface area contributed by atoms with E-state index in [0.29, 0.717) is 22.7 Å². The van der Waals surface area contributed by atoms with E-state index in [0.717, 1.165) is 5.69 Å². The van der Waals surface area contributed by atoms with Crippen LogP contribution in [0.4, 0.5) is 5.69 Å². The first kappa shape index (κ1) is 19.9. The summed E-state index contributed by atoms with van der Waals surface area (Å²) in [6, 6.07) is 11.0. The number of esters is 1. The lowest BCUT2D eigenvalue weighted by Gasteiger charge is -2.21. The van der Waals surface area contributed by atoms with Crippen LogP contribution >= 0.6 is 0 Å². The van der Waals surface area contributed by atoms with Crippen molar-refractivity contribution >= 4 is 23.3 Å². The number of aryl methyl sites for hydroxylation is 2. The van der Waals surface area contributed by atoms with Crippen LogP contribution in [0.1, 0.15) is 23.4 Å². The summed E-state index contributed by atoms with van der Waals surface area (Å²) in [7, 11) is 0. The molecule has 1 amide bonds. The monoisotopic (exact) mass is 392 g/mol. The number of anilines is 1. The van der Waals surface area contributed by atoms with Gasteiger partial charge in [0.1, 0.15) is 6.33 Å². The SMILES string of the molecule is Cc1nc2ncnn2c(C)c1CC(=O)OCC(=O)N(CCC#N)c1ccccc1. The van der Waals surface area contributed by atoms with Crippen molar-refractivity contribution in [1.82, 2.24) is 19.6 Å². The summed E-state index contributed by atoms with van der Waals surface area (Å²) in [4.78, 5) is 34.7. The highest BCUT2D eigenvalue weighted by Crippen LogP contribution is 2.16. The van der Waals surface area contributed by atoms with Crippen molar-refractivity contribution in [2.24, 2.45) is 0 Å². The van der Waals surface area contributed by atoms with Crippen LogP contribution < -0.4 is 4.90 Å². The quantitative estimate of drug-likeness (QED) is 0.563. The molecule has 3 rings (SSSR count). The molecule has 0 saturated carbocycles. The van der Waals surface area contributed by atoms with Gasteiger partial charge in [0, 0.05) is 29.2 Å². The topological polar surface area (TPSA) is 113 Å². The number of hydrogen-bond donors (Lipinski definition) is 0. The fourth-order valence-corrected chi connectivity index (χ4v) is 2.99. The third-order valence-corrected chi connectivity index (χ3v) is 4.48.